The van der Waals surface area contributed by atoms with Crippen molar-refractivity contribution in [3.63, 3.8) is 0 Å². The van der Waals surface area contributed by atoms with Gasteiger partial charge in [-0.15, -0.1) is 0 Å². The minimum Gasteiger partial charge on any atom is -0.479 e. The number of aliphatic carboxylic acids is 1. The fourth-order valence-electron chi connectivity index (χ4n) is 0.505. The normalized spacial score (nSPS) is 14.2. The van der Waals surface area contributed by atoms with Gasteiger partial charge in [0.25, 0.3) is 0 Å². The van der Waals surface area contributed by atoms with Crippen molar-refractivity contribution in [2.24, 2.45) is 0 Å². The van der Waals surface area contributed by atoms with E-state index in [1.54, 1.807) is 0 Å². The number of carboxylic acid groups (broad SMARTS) is 1. The molecule has 72 valence electrons. The summed E-state index contributed by atoms with van der Waals surface area (Å²) in [6.45, 7) is -0.0771. The Morgan fingerprint density at radius 1 is 1.58 bits per heavy atom. The molecule has 1 atom stereocenters. The SMILES string of the molecule is CS(=O)(=O)NCC[C@H](O)C(=O)O. The summed E-state index contributed by atoms with van der Waals surface area (Å²) in [5.74, 6) is -1.36. The van der Waals surface area contributed by atoms with Crippen molar-refractivity contribution in [2.75, 3.05) is 12.8 Å². The maximum absolute atomic E-state index is 10.4. The molecule has 7 heteroatoms. The van der Waals surface area contributed by atoms with Crippen molar-refractivity contribution in [1.82, 2.24) is 4.72 Å². The molecule has 0 bridgehead atoms. The number of carbonyl (C=O) groups is 1. The van der Waals surface area contributed by atoms with E-state index in [1.165, 1.54) is 0 Å². The van der Waals surface area contributed by atoms with Crippen LogP contribution in [0.1, 0.15) is 6.42 Å². The van der Waals surface area contributed by atoms with Gasteiger partial charge in [-0.25, -0.2) is 17.9 Å². The van der Waals surface area contributed by atoms with Crippen molar-refractivity contribution < 1.29 is 23.4 Å². The van der Waals surface area contributed by atoms with Crippen LogP contribution < -0.4 is 4.72 Å². The summed E-state index contributed by atoms with van der Waals surface area (Å²) in [5, 5.41) is 16.9. The molecule has 0 amide bonds. The molecule has 12 heavy (non-hydrogen) atoms. The lowest BCUT2D eigenvalue weighted by Crippen LogP contribution is -2.29. The van der Waals surface area contributed by atoms with Gasteiger partial charge in [0.1, 0.15) is 0 Å². The van der Waals surface area contributed by atoms with E-state index >= 15 is 0 Å². The highest BCUT2D eigenvalue weighted by atomic mass is 32.2. The minimum atomic E-state index is -3.30. The number of nitrogens with one attached hydrogen (secondary N) is 1. The Kier molecular flexibility index (Phi) is 4.15. The second-order valence-electron chi connectivity index (χ2n) is 2.31. The molecule has 0 unspecified atom stereocenters. The molecule has 0 aromatic rings. The quantitative estimate of drug-likeness (QED) is 0.491. The lowest BCUT2D eigenvalue weighted by Gasteiger charge is -2.04. The monoisotopic (exact) mass is 197 g/mol. The molecule has 0 aliphatic heterocycles. The van der Waals surface area contributed by atoms with Gasteiger partial charge >= 0.3 is 5.97 Å². The first kappa shape index (κ1) is 11.3. The third-order valence-electron chi connectivity index (χ3n) is 1.07. The van der Waals surface area contributed by atoms with Gasteiger partial charge in [-0.05, 0) is 6.42 Å². The lowest BCUT2D eigenvalue weighted by molar-refractivity contribution is -0.146. The fourth-order valence-corrected chi connectivity index (χ4v) is 0.993. The zero-order valence-corrected chi connectivity index (χ0v) is 7.34. The number of rotatable bonds is 5. The van der Waals surface area contributed by atoms with Gasteiger partial charge in [-0.2, -0.15) is 0 Å². The highest BCUT2D eigenvalue weighted by Crippen LogP contribution is 1.89. The average molecular weight is 197 g/mol. The zero-order chi connectivity index (χ0) is 9.78. The number of aliphatic hydroxyl groups is 1. The molecule has 0 heterocycles. The summed E-state index contributed by atoms with van der Waals surface area (Å²) >= 11 is 0. The van der Waals surface area contributed by atoms with Crippen LogP contribution >= 0.6 is 0 Å². The average Bonchev–Trinajstić information content (AvgIpc) is 1.84. The highest BCUT2D eigenvalue weighted by Gasteiger charge is 2.12. The molecule has 0 saturated heterocycles. The number of aliphatic hydroxyl groups excluding tert-OH is 1. The van der Waals surface area contributed by atoms with E-state index < -0.39 is 22.1 Å². The van der Waals surface area contributed by atoms with Gasteiger partial charge in [0.2, 0.25) is 10.0 Å². The summed E-state index contributed by atoms with van der Waals surface area (Å²) in [6, 6.07) is 0. The van der Waals surface area contributed by atoms with Crippen LogP contribution in [-0.2, 0) is 14.8 Å². The molecule has 0 aliphatic rings. The Morgan fingerprint density at radius 3 is 2.42 bits per heavy atom. The van der Waals surface area contributed by atoms with Gasteiger partial charge in [0.15, 0.2) is 6.10 Å². The Bertz CT molecular complexity index is 247. The van der Waals surface area contributed by atoms with Gasteiger partial charge in [-0.3, -0.25) is 0 Å². The molecule has 0 aliphatic carbocycles. The van der Waals surface area contributed by atoms with Crippen molar-refractivity contribution in [1.29, 1.82) is 0 Å². The number of sulfonamides is 1. The first-order chi connectivity index (χ1) is 5.33. The molecule has 0 fully saturated rings. The Hall–Kier alpha value is -0.660. The first-order valence-electron chi connectivity index (χ1n) is 3.18. The maximum Gasteiger partial charge on any atom is 0.332 e. The Balaban J connectivity index is 3.65. The molecule has 0 radical (unpaired) electrons. The summed E-state index contributed by atoms with van der Waals surface area (Å²) in [6.07, 6.45) is -0.693. The van der Waals surface area contributed by atoms with E-state index in [2.05, 4.69) is 4.72 Å². The van der Waals surface area contributed by atoms with Gasteiger partial charge in [0.05, 0.1) is 6.26 Å². The van der Waals surface area contributed by atoms with Crippen LogP contribution in [0.2, 0.25) is 0 Å². The summed E-state index contributed by atoms with van der Waals surface area (Å²) in [7, 11) is -3.30. The molecule has 0 rings (SSSR count). The zero-order valence-electron chi connectivity index (χ0n) is 6.52. The first-order valence-corrected chi connectivity index (χ1v) is 5.07. The van der Waals surface area contributed by atoms with Crippen molar-refractivity contribution in [2.45, 2.75) is 12.5 Å². The maximum atomic E-state index is 10.4. The molecule has 0 saturated carbocycles. The second-order valence-corrected chi connectivity index (χ2v) is 4.14. The van der Waals surface area contributed by atoms with Gasteiger partial charge in [0, 0.05) is 6.54 Å². The van der Waals surface area contributed by atoms with Crippen molar-refractivity contribution in [3.8, 4) is 0 Å². The molecular weight excluding hydrogens is 186 g/mol. The van der Waals surface area contributed by atoms with Crippen LogP contribution in [0.15, 0.2) is 0 Å². The van der Waals surface area contributed by atoms with E-state index in [1.807, 2.05) is 0 Å². The molecular formula is C5H11NO5S. The molecule has 0 aromatic heterocycles. The van der Waals surface area contributed by atoms with Crippen molar-refractivity contribution >= 4 is 16.0 Å². The molecule has 3 N–H and O–H groups in total. The highest BCUT2D eigenvalue weighted by molar-refractivity contribution is 7.88. The third kappa shape index (κ3) is 6.08. The van der Waals surface area contributed by atoms with Gasteiger partial charge in [-0.1, -0.05) is 0 Å². The van der Waals surface area contributed by atoms with E-state index in [4.69, 9.17) is 10.2 Å². The van der Waals surface area contributed by atoms with Gasteiger partial charge < -0.3 is 10.2 Å². The number of carboxylic acids is 1. The predicted octanol–water partition coefficient (Wildman–Crippen LogP) is -1.63. The molecule has 0 aromatic carbocycles. The minimum absolute atomic E-state index is 0.0771. The molecule has 6 nitrogen and oxygen atoms in total. The Labute approximate surface area is 70.3 Å². The predicted molar refractivity (Wildman–Crippen MR) is 41.1 cm³/mol. The Morgan fingerprint density at radius 2 is 2.08 bits per heavy atom. The van der Waals surface area contributed by atoms with E-state index in [-0.39, 0.29) is 13.0 Å². The van der Waals surface area contributed by atoms with Crippen LogP contribution in [0, 0.1) is 0 Å². The summed E-state index contributed by atoms with van der Waals surface area (Å²) in [5.41, 5.74) is 0. The van der Waals surface area contributed by atoms with E-state index in [0.29, 0.717) is 0 Å². The topological polar surface area (TPSA) is 104 Å². The van der Waals surface area contributed by atoms with E-state index in [0.717, 1.165) is 6.26 Å². The van der Waals surface area contributed by atoms with Crippen LogP contribution in [0.25, 0.3) is 0 Å². The van der Waals surface area contributed by atoms with Crippen LogP contribution in [0.3, 0.4) is 0 Å². The smallest absolute Gasteiger partial charge is 0.332 e. The standard InChI is InChI=1S/C5H11NO5S/c1-12(10,11)6-3-2-4(7)5(8)9/h4,6-7H,2-3H2,1H3,(H,8,9)/t4-/m0/s1. The number of hydrogen-bond acceptors (Lipinski definition) is 4. The van der Waals surface area contributed by atoms with Crippen LogP contribution in [-0.4, -0.2) is 43.5 Å². The molecule has 0 spiro atoms. The largest absolute Gasteiger partial charge is 0.479 e. The van der Waals surface area contributed by atoms with E-state index in [9.17, 15) is 13.2 Å². The van der Waals surface area contributed by atoms with Crippen LogP contribution in [0.4, 0.5) is 0 Å². The third-order valence-corrected chi connectivity index (χ3v) is 1.80. The number of hydrogen-bond donors (Lipinski definition) is 3. The second kappa shape index (κ2) is 4.39. The van der Waals surface area contributed by atoms with Crippen LogP contribution in [0.5, 0.6) is 0 Å². The van der Waals surface area contributed by atoms with Crippen molar-refractivity contribution in [3.05, 3.63) is 0 Å². The lowest BCUT2D eigenvalue weighted by atomic mass is 10.3. The summed E-state index contributed by atoms with van der Waals surface area (Å²) < 4.78 is 22.9. The fraction of sp³-hybridized carbons (Fsp3) is 0.800. The summed E-state index contributed by atoms with van der Waals surface area (Å²) in [4.78, 5) is 10.0.